The Hall–Kier alpha value is -3.21. The zero-order chi connectivity index (χ0) is 14.7. The van der Waals surface area contributed by atoms with Crippen molar-refractivity contribution in [3.63, 3.8) is 0 Å². The summed E-state index contributed by atoms with van der Waals surface area (Å²) in [4.78, 5) is 45.5. The van der Waals surface area contributed by atoms with Gasteiger partial charge in [0.05, 0.1) is 17.2 Å². The van der Waals surface area contributed by atoms with Crippen LogP contribution in [0.4, 0.5) is 5.69 Å². The Kier molecular flexibility index (Phi) is 3.43. The molecule has 0 bridgehead atoms. The summed E-state index contributed by atoms with van der Waals surface area (Å²) < 4.78 is 0. The second-order valence-electron chi connectivity index (χ2n) is 3.84. The van der Waals surface area contributed by atoms with E-state index in [0.29, 0.717) is 0 Å². The molecule has 0 unspecified atom stereocenters. The molecule has 3 N–H and O–H groups in total. The molecule has 1 heterocycles. The molecule has 0 atom stereocenters. The van der Waals surface area contributed by atoms with Gasteiger partial charge in [0.2, 0.25) is 0 Å². The molecular weight excluding hydrogens is 264 g/mol. The van der Waals surface area contributed by atoms with Gasteiger partial charge in [-0.2, -0.15) is 5.26 Å². The van der Waals surface area contributed by atoms with E-state index in [1.165, 1.54) is 18.2 Å². The number of nitrogens with one attached hydrogen (secondary N) is 3. The molecule has 0 fully saturated rings. The molecule has 20 heavy (non-hydrogen) atoms. The van der Waals surface area contributed by atoms with Crippen LogP contribution in [-0.2, 0) is 9.59 Å². The molecule has 0 saturated heterocycles. The lowest BCUT2D eigenvalue weighted by atomic mass is 10.1. The Morgan fingerprint density at radius 3 is 2.55 bits per heavy atom. The lowest BCUT2D eigenvalue weighted by Crippen LogP contribution is -2.35. The van der Waals surface area contributed by atoms with E-state index in [1.807, 2.05) is 0 Å². The molecule has 0 aliphatic carbocycles. The summed E-state index contributed by atoms with van der Waals surface area (Å²) in [5.41, 5.74) is 0.540. The van der Waals surface area contributed by atoms with Gasteiger partial charge in [-0.1, -0.05) is 0 Å². The summed E-state index contributed by atoms with van der Waals surface area (Å²) in [7, 11) is 0. The van der Waals surface area contributed by atoms with Gasteiger partial charge in [0.15, 0.2) is 0 Å². The van der Waals surface area contributed by atoms with Crippen molar-refractivity contribution < 1.29 is 19.2 Å². The van der Waals surface area contributed by atoms with E-state index in [2.05, 4.69) is 16.0 Å². The van der Waals surface area contributed by atoms with Crippen LogP contribution in [0.15, 0.2) is 18.2 Å². The average molecular weight is 272 g/mol. The molecule has 100 valence electrons. The fourth-order valence-electron chi connectivity index (χ4n) is 1.63. The quantitative estimate of drug-likeness (QED) is 0.367. The van der Waals surface area contributed by atoms with E-state index in [9.17, 15) is 19.2 Å². The van der Waals surface area contributed by atoms with Crippen molar-refractivity contribution in [2.24, 2.45) is 0 Å². The minimum Gasteiger partial charge on any atom is -0.335 e. The number of carbonyl (C=O) groups excluding carboxylic acids is 4. The number of amides is 4. The zero-order valence-corrected chi connectivity index (χ0v) is 10.0. The summed E-state index contributed by atoms with van der Waals surface area (Å²) in [6, 6.07) is 5.72. The van der Waals surface area contributed by atoms with E-state index >= 15 is 0 Å². The fraction of sp³-hybridized carbons (Fsp3) is 0.0833. The van der Waals surface area contributed by atoms with Crippen LogP contribution >= 0.6 is 0 Å². The topological polar surface area (TPSA) is 128 Å². The SMILES string of the molecule is N#CCNC(=O)C(=O)Nc1ccc2c(c1)C(=O)NC2=O. The molecule has 0 spiro atoms. The molecule has 1 aliphatic rings. The maximum atomic E-state index is 11.5. The number of rotatable bonds is 2. The average Bonchev–Trinajstić information content (AvgIpc) is 2.71. The van der Waals surface area contributed by atoms with E-state index in [-0.39, 0.29) is 23.4 Å². The highest BCUT2D eigenvalue weighted by molar-refractivity contribution is 6.39. The molecule has 0 aromatic heterocycles. The van der Waals surface area contributed by atoms with Crippen molar-refractivity contribution in [1.82, 2.24) is 10.6 Å². The third-order valence-corrected chi connectivity index (χ3v) is 2.53. The molecule has 2 rings (SSSR count). The molecule has 1 aromatic carbocycles. The molecule has 4 amide bonds. The first-order valence-corrected chi connectivity index (χ1v) is 5.49. The third kappa shape index (κ3) is 2.46. The van der Waals surface area contributed by atoms with Crippen LogP contribution in [0.25, 0.3) is 0 Å². The van der Waals surface area contributed by atoms with Crippen molar-refractivity contribution in [2.45, 2.75) is 0 Å². The van der Waals surface area contributed by atoms with Crippen LogP contribution in [0.1, 0.15) is 20.7 Å². The van der Waals surface area contributed by atoms with E-state index in [4.69, 9.17) is 5.26 Å². The predicted molar refractivity (Wildman–Crippen MR) is 65.5 cm³/mol. The molecular formula is C12H8N4O4. The minimum absolute atomic E-state index is 0.130. The van der Waals surface area contributed by atoms with Crippen LogP contribution in [0.3, 0.4) is 0 Å². The number of benzene rings is 1. The second-order valence-corrected chi connectivity index (χ2v) is 3.84. The van der Waals surface area contributed by atoms with Crippen LogP contribution in [0.2, 0.25) is 0 Å². The number of nitriles is 1. The van der Waals surface area contributed by atoms with Gasteiger partial charge < -0.3 is 10.6 Å². The van der Waals surface area contributed by atoms with E-state index in [0.717, 1.165) is 0 Å². The lowest BCUT2D eigenvalue weighted by Gasteiger charge is -2.05. The Morgan fingerprint density at radius 1 is 1.15 bits per heavy atom. The van der Waals surface area contributed by atoms with Crippen molar-refractivity contribution in [3.05, 3.63) is 29.3 Å². The standard InChI is InChI=1S/C12H8N4O4/c13-3-4-14-11(19)12(20)15-6-1-2-7-8(5-6)10(18)16-9(7)17/h1-2,5H,4H2,(H,14,19)(H,15,20)(H,16,17,18). The largest absolute Gasteiger partial charge is 0.335 e. The summed E-state index contributed by atoms with van der Waals surface area (Å²) in [6.07, 6.45) is 0. The highest BCUT2D eigenvalue weighted by Gasteiger charge is 2.27. The van der Waals surface area contributed by atoms with Gasteiger partial charge in [-0.05, 0) is 18.2 Å². The lowest BCUT2D eigenvalue weighted by molar-refractivity contribution is -0.136. The minimum atomic E-state index is -0.968. The number of nitrogens with zero attached hydrogens (tertiary/aromatic N) is 1. The van der Waals surface area contributed by atoms with Gasteiger partial charge in [-0.3, -0.25) is 24.5 Å². The highest BCUT2D eigenvalue weighted by Crippen LogP contribution is 2.20. The van der Waals surface area contributed by atoms with Gasteiger partial charge in [0.1, 0.15) is 6.54 Å². The molecule has 0 saturated carbocycles. The van der Waals surface area contributed by atoms with E-state index in [1.54, 1.807) is 6.07 Å². The zero-order valence-electron chi connectivity index (χ0n) is 10.0. The second kappa shape index (κ2) is 5.19. The maximum Gasteiger partial charge on any atom is 0.313 e. The van der Waals surface area contributed by atoms with Gasteiger partial charge in [-0.25, -0.2) is 0 Å². The number of anilines is 1. The van der Waals surface area contributed by atoms with Crippen molar-refractivity contribution >= 4 is 29.3 Å². The monoisotopic (exact) mass is 272 g/mol. The number of imide groups is 1. The molecule has 1 aliphatic heterocycles. The van der Waals surface area contributed by atoms with Crippen molar-refractivity contribution in [2.75, 3.05) is 11.9 Å². The van der Waals surface area contributed by atoms with E-state index < -0.39 is 23.6 Å². The van der Waals surface area contributed by atoms with Gasteiger partial charge in [0, 0.05) is 5.69 Å². The molecule has 0 radical (unpaired) electrons. The first-order valence-electron chi connectivity index (χ1n) is 5.49. The van der Waals surface area contributed by atoms with Gasteiger partial charge >= 0.3 is 11.8 Å². The van der Waals surface area contributed by atoms with Crippen LogP contribution in [-0.4, -0.2) is 30.2 Å². The first-order chi connectivity index (χ1) is 9.52. The first kappa shape index (κ1) is 13.2. The Balaban J connectivity index is 2.12. The van der Waals surface area contributed by atoms with Gasteiger partial charge in [-0.15, -0.1) is 0 Å². The number of fused-ring (bicyclic) bond motifs is 1. The molecule has 8 heteroatoms. The smallest absolute Gasteiger partial charge is 0.313 e. The van der Waals surface area contributed by atoms with Crippen molar-refractivity contribution in [3.8, 4) is 6.07 Å². The van der Waals surface area contributed by atoms with Crippen LogP contribution in [0.5, 0.6) is 0 Å². The summed E-state index contributed by atoms with van der Waals surface area (Å²) >= 11 is 0. The summed E-state index contributed by atoms with van der Waals surface area (Å²) in [6.45, 7) is -0.284. The predicted octanol–water partition coefficient (Wildman–Crippen LogP) is -0.852. The van der Waals surface area contributed by atoms with Crippen molar-refractivity contribution in [1.29, 1.82) is 5.26 Å². The molecule has 8 nitrogen and oxygen atoms in total. The maximum absolute atomic E-state index is 11.5. The summed E-state index contributed by atoms with van der Waals surface area (Å²) in [5.74, 6) is -3.00. The Labute approximate surface area is 112 Å². The molecule has 1 aromatic rings. The Bertz CT molecular complexity index is 675. The third-order valence-electron chi connectivity index (χ3n) is 2.53. The number of carbonyl (C=O) groups is 4. The van der Waals surface area contributed by atoms with Crippen LogP contribution < -0.4 is 16.0 Å². The highest BCUT2D eigenvalue weighted by atomic mass is 16.2. The summed E-state index contributed by atoms with van der Waals surface area (Å²) in [5, 5.41) is 14.7. The number of hydrogen-bond donors (Lipinski definition) is 3. The fourth-order valence-corrected chi connectivity index (χ4v) is 1.63. The normalized spacial score (nSPS) is 12.2. The number of hydrogen-bond acceptors (Lipinski definition) is 5. The van der Waals surface area contributed by atoms with Crippen LogP contribution in [0, 0.1) is 11.3 Å². The Morgan fingerprint density at radius 2 is 1.85 bits per heavy atom. The van der Waals surface area contributed by atoms with Gasteiger partial charge in [0.25, 0.3) is 11.8 Å².